The van der Waals surface area contributed by atoms with Crippen molar-refractivity contribution in [1.82, 2.24) is 9.47 Å². The lowest BCUT2D eigenvalue weighted by molar-refractivity contribution is -0.117. The summed E-state index contributed by atoms with van der Waals surface area (Å²) in [7, 11) is 1.56. The van der Waals surface area contributed by atoms with Gasteiger partial charge in [-0.25, -0.2) is 0 Å². The van der Waals surface area contributed by atoms with E-state index in [2.05, 4.69) is 10.2 Å². The Labute approximate surface area is 206 Å². The second-order valence-corrected chi connectivity index (χ2v) is 9.66. The number of halogens is 1. The van der Waals surface area contributed by atoms with Crippen molar-refractivity contribution >= 4 is 44.6 Å². The van der Waals surface area contributed by atoms with Gasteiger partial charge < -0.3 is 10.1 Å². The van der Waals surface area contributed by atoms with Crippen molar-refractivity contribution in [3.05, 3.63) is 75.5 Å². The lowest BCUT2D eigenvalue weighted by Crippen LogP contribution is -2.31. The van der Waals surface area contributed by atoms with Crippen molar-refractivity contribution < 1.29 is 9.53 Å². The van der Waals surface area contributed by atoms with E-state index >= 15 is 0 Å². The molecule has 0 radical (unpaired) electrons. The SMILES string of the molecule is COc1cc(-n2cc(-c3ccc(Cl)cc3)c3ccsc3c2=O)ccc1NC(=O)CN1CCCC1. The summed E-state index contributed by atoms with van der Waals surface area (Å²) in [6, 6.07) is 14.9. The summed E-state index contributed by atoms with van der Waals surface area (Å²) in [5.41, 5.74) is 3.05. The molecule has 1 aliphatic heterocycles. The van der Waals surface area contributed by atoms with Crippen LogP contribution in [0, 0.1) is 0 Å². The van der Waals surface area contributed by atoms with Crippen molar-refractivity contribution in [1.29, 1.82) is 0 Å². The van der Waals surface area contributed by atoms with E-state index in [1.807, 2.05) is 48.0 Å². The van der Waals surface area contributed by atoms with Crippen molar-refractivity contribution in [2.24, 2.45) is 0 Å². The van der Waals surface area contributed by atoms with E-state index in [4.69, 9.17) is 16.3 Å². The van der Waals surface area contributed by atoms with Gasteiger partial charge in [-0.1, -0.05) is 23.7 Å². The van der Waals surface area contributed by atoms with Crippen LogP contribution in [0.5, 0.6) is 5.75 Å². The number of anilines is 1. The number of fused-ring (bicyclic) bond motifs is 1. The molecule has 174 valence electrons. The number of thiophene rings is 1. The van der Waals surface area contributed by atoms with Crippen LogP contribution in [-0.2, 0) is 4.79 Å². The van der Waals surface area contributed by atoms with E-state index in [1.54, 1.807) is 23.8 Å². The zero-order chi connectivity index (χ0) is 23.7. The van der Waals surface area contributed by atoms with Crippen LogP contribution in [0.3, 0.4) is 0 Å². The third-order valence-electron chi connectivity index (χ3n) is 6.09. The largest absolute Gasteiger partial charge is 0.494 e. The third kappa shape index (κ3) is 4.46. The number of hydrogen-bond donors (Lipinski definition) is 1. The van der Waals surface area contributed by atoms with Crippen LogP contribution in [0.25, 0.3) is 26.9 Å². The number of carbonyl (C=O) groups excluding carboxylic acids is 1. The Bertz CT molecular complexity index is 1410. The zero-order valence-electron chi connectivity index (χ0n) is 18.7. The van der Waals surface area contributed by atoms with Gasteiger partial charge in [-0.2, -0.15) is 0 Å². The van der Waals surface area contributed by atoms with Crippen molar-refractivity contribution in [2.75, 3.05) is 32.1 Å². The molecule has 2 aromatic heterocycles. The highest BCUT2D eigenvalue weighted by atomic mass is 35.5. The van der Waals surface area contributed by atoms with Crippen molar-refractivity contribution in [3.63, 3.8) is 0 Å². The number of amides is 1. The number of hydrogen-bond acceptors (Lipinski definition) is 5. The number of likely N-dealkylation sites (tertiary alicyclic amines) is 1. The van der Waals surface area contributed by atoms with Gasteiger partial charge in [0.25, 0.3) is 5.56 Å². The van der Waals surface area contributed by atoms with Crippen LogP contribution in [-0.4, -0.2) is 42.1 Å². The maximum Gasteiger partial charge on any atom is 0.273 e. The summed E-state index contributed by atoms with van der Waals surface area (Å²) >= 11 is 7.50. The number of rotatable bonds is 6. The molecule has 4 aromatic rings. The molecule has 0 aliphatic carbocycles. The standard InChI is InChI=1S/C26H24ClN3O3S/c1-33-23-14-19(8-9-22(23)28-24(31)16-29-11-2-3-12-29)30-15-21(17-4-6-18(27)7-5-17)20-10-13-34-25(20)26(30)32/h4-10,13-15H,2-3,11-12,16H2,1H3,(H,28,31). The van der Waals surface area contributed by atoms with Crippen LogP contribution < -0.4 is 15.6 Å². The molecule has 2 aromatic carbocycles. The number of nitrogens with one attached hydrogen (secondary N) is 1. The number of carbonyl (C=O) groups is 1. The molecule has 0 bridgehead atoms. The monoisotopic (exact) mass is 493 g/mol. The Morgan fingerprint density at radius 2 is 1.88 bits per heavy atom. The first-order valence-corrected chi connectivity index (χ1v) is 12.4. The molecule has 0 spiro atoms. The molecular formula is C26H24ClN3O3S. The molecule has 1 fully saturated rings. The average molecular weight is 494 g/mol. The first-order chi connectivity index (χ1) is 16.5. The van der Waals surface area contributed by atoms with Gasteiger partial charge in [0.1, 0.15) is 10.4 Å². The van der Waals surface area contributed by atoms with E-state index in [9.17, 15) is 9.59 Å². The first-order valence-electron chi connectivity index (χ1n) is 11.1. The van der Waals surface area contributed by atoms with E-state index in [-0.39, 0.29) is 11.5 Å². The Morgan fingerprint density at radius 1 is 1.12 bits per heavy atom. The maximum absolute atomic E-state index is 13.3. The summed E-state index contributed by atoms with van der Waals surface area (Å²) in [4.78, 5) is 28.0. The molecular weight excluding hydrogens is 470 g/mol. The summed E-state index contributed by atoms with van der Waals surface area (Å²) in [5, 5.41) is 6.44. The van der Waals surface area contributed by atoms with E-state index in [0.717, 1.165) is 42.4 Å². The molecule has 8 heteroatoms. The quantitative estimate of drug-likeness (QED) is 0.390. The highest BCUT2D eigenvalue weighted by Crippen LogP contribution is 2.33. The fourth-order valence-electron chi connectivity index (χ4n) is 4.37. The minimum atomic E-state index is -0.101. The number of benzene rings is 2. The highest BCUT2D eigenvalue weighted by Gasteiger charge is 2.18. The van der Waals surface area contributed by atoms with Gasteiger partial charge in [-0.3, -0.25) is 19.1 Å². The lowest BCUT2D eigenvalue weighted by atomic mass is 10.0. The van der Waals surface area contributed by atoms with Crippen LogP contribution in [0.1, 0.15) is 12.8 Å². The predicted octanol–water partition coefficient (Wildman–Crippen LogP) is 5.42. The zero-order valence-corrected chi connectivity index (χ0v) is 20.3. The summed E-state index contributed by atoms with van der Waals surface area (Å²) in [6.45, 7) is 2.27. The highest BCUT2D eigenvalue weighted by molar-refractivity contribution is 7.17. The van der Waals surface area contributed by atoms with Crippen LogP contribution in [0.15, 0.2) is 64.9 Å². The Morgan fingerprint density at radius 3 is 2.62 bits per heavy atom. The number of nitrogens with zero attached hydrogens (tertiary/aromatic N) is 2. The smallest absolute Gasteiger partial charge is 0.273 e. The molecule has 5 rings (SSSR count). The van der Waals surface area contributed by atoms with Gasteiger partial charge in [-0.15, -0.1) is 11.3 Å². The van der Waals surface area contributed by atoms with E-state index in [1.165, 1.54) is 11.3 Å². The van der Waals surface area contributed by atoms with Gasteiger partial charge in [0.2, 0.25) is 5.91 Å². The Balaban J connectivity index is 1.52. The van der Waals surface area contributed by atoms with Crippen molar-refractivity contribution in [2.45, 2.75) is 12.8 Å². The van der Waals surface area contributed by atoms with E-state index in [0.29, 0.717) is 33.4 Å². The van der Waals surface area contributed by atoms with Crippen LogP contribution >= 0.6 is 22.9 Å². The normalized spacial score (nSPS) is 13.9. The van der Waals surface area contributed by atoms with Gasteiger partial charge in [0, 0.05) is 28.2 Å². The average Bonchev–Trinajstić information content (AvgIpc) is 3.53. The number of ether oxygens (including phenoxy) is 1. The third-order valence-corrected chi connectivity index (χ3v) is 7.24. The second-order valence-electron chi connectivity index (χ2n) is 8.30. The summed E-state index contributed by atoms with van der Waals surface area (Å²) < 4.78 is 7.86. The Kier molecular flexibility index (Phi) is 6.41. The molecule has 0 atom stereocenters. The molecule has 1 N–H and O–H groups in total. The van der Waals surface area contributed by atoms with Crippen LogP contribution in [0.4, 0.5) is 5.69 Å². The lowest BCUT2D eigenvalue weighted by Gasteiger charge is -2.17. The molecule has 34 heavy (non-hydrogen) atoms. The van der Waals surface area contributed by atoms with Crippen LogP contribution in [0.2, 0.25) is 5.02 Å². The molecule has 6 nitrogen and oxygen atoms in total. The fraction of sp³-hybridized carbons (Fsp3) is 0.231. The summed E-state index contributed by atoms with van der Waals surface area (Å²) in [5.74, 6) is 0.425. The molecule has 3 heterocycles. The molecule has 0 saturated carbocycles. The topological polar surface area (TPSA) is 63.6 Å². The number of aromatic nitrogens is 1. The minimum Gasteiger partial charge on any atom is -0.494 e. The fourth-order valence-corrected chi connectivity index (χ4v) is 5.34. The first kappa shape index (κ1) is 22.7. The molecule has 1 saturated heterocycles. The second kappa shape index (κ2) is 9.62. The Hall–Kier alpha value is -3.13. The van der Waals surface area contributed by atoms with Gasteiger partial charge in [-0.05, 0) is 67.2 Å². The predicted molar refractivity (Wildman–Crippen MR) is 139 cm³/mol. The number of pyridine rings is 1. The molecule has 1 aliphatic rings. The van der Waals surface area contributed by atoms with E-state index < -0.39 is 0 Å². The maximum atomic E-state index is 13.3. The number of methoxy groups -OCH3 is 1. The van der Waals surface area contributed by atoms with Gasteiger partial charge in [0.05, 0.1) is 25.0 Å². The summed E-state index contributed by atoms with van der Waals surface area (Å²) in [6.07, 6.45) is 4.11. The van der Waals surface area contributed by atoms with Crippen molar-refractivity contribution in [3.8, 4) is 22.6 Å². The molecule has 0 unspecified atom stereocenters. The minimum absolute atomic E-state index is 0.0739. The van der Waals surface area contributed by atoms with Gasteiger partial charge in [0.15, 0.2) is 0 Å². The van der Waals surface area contributed by atoms with Gasteiger partial charge >= 0.3 is 0 Å². The molecule has 1 amide bonds.